The second-order valence-electron chi connectivity index (χ2n) is 4.18. The summed E-state index contributed by atoms with van der Waals surface area (Å²) in [5.74, 6) is -0.212. The van der Waals surface area contributed by atoms with Gasteiger partial charge in [-0.2, -0.15) is 0 Å². The van der Waals surface area contributed by atoms with Crippen LogP contribution in [0.2, 0.25) is 0 Å². The van der Waals surface area contributed by atoms with Gasteiger partial charge in [-0.1, -0.05) is 0 Å². The molecule has 3 nitrogen and oxygen atoms in total. The molecular formula is C13H11FIN3S. The van der Waals surface area contributed by atoms with Crippen molar-refractivity contribution in [3.63, 3.8) is 0 Å². The SMILES string of the molecule is Cc1nc2sccn2c1CNc1ccc(F)cc1I. The second-order valence-corrected chi connectivity index (χ2v) is 6.21. The largest absolute Gasteiger partial charge is 0.379 e. The van der Waals surface area contributed by atoms with Gasteiger partial charge in [-0.15, -0.1) is 11.3 Å². The van der Waals surface area contributed by atoms with E-state index in [0.29, 0.717) is 6.54 Å². The van der Waals surface area contributed by atoms with Crippen LogP contribution >= 0.6 is 33.9 Å². The Kier molecular flexibility index (Phi) is 3.44. The van der Waals surface area contributed by atoms with Gasteiger partial charge in [0.05, 0.1) is 17.9 Å². The Hall–Kier alpha value is -1.15. The molecule has 0 unspecified atom stereocenters. The molecule has 0 spiro atoms. The molecule has 0 atom stereocenters. The van der Waals surface area contributed by atoms with Crippen molar-refractivity contribution in [3.8, 4) is 0 Å². The molecule has 0 radical (unpaired) electrons. The summed E-state index contributed by atoms with van der Waals surface area (Å²) in [6.07, 6.45) is 2.02. The molecule has 0 bridgehead atoms. The van der Waals surface area contributed by atoms with Gasteiger partial charge in [-0.05, 0) is 47.7 Å². The summed E-state index contributed by atoms with van der Waals surface area (Å²) >= 11 is 3.75. The first kappa shape index (κ1) is 12.9. The number of rotatable bonds is 3. The van der Waals surface area contributed by atoms with Crippen LogP contribution < -0.4 is 5.32 Å². The lowest BCUT2D eigenvalue weighted by Crippen LogP contribution is -2.04. The Morgan fingerprint density at radius 1 is 1.47 bits per heavy atom. The van der Waals surface area contributed by atoms with Crippen molar-refractivity contribution in [2.45, 2.75) is 13.5 Å². The maximum Gasteiger partial charge on any atom is 0.194 e. The van der Waals surface area contributed by atoms with E-state index in [2.05, 4.69) is 37.3 Å². The zero-order valence-electron chi connectivity index (χ0n) is 10.2. The fraction of sp³-hybridized carbons (Fsp3) is 0.154. The fourth-order valence-electron chi connectivity index (χ4n) is 1.97. The minimum Gasteiger partial charge on any atom is -0.379 e. The summed E-state index contributed by atoms with van der Waals surface area (Å²) in [6, 6.07) is 4.75. The Morgan fingerprint density at radius 3 is 3.11 bits per heavy atom. The average molecular weight is 387 g/mol. The topological polar surface area (TPSA) is 29.3 Å². The van der Waals surface area contributed by atoms with Gasteiger partial charge >= 0.3 is 0 Å². The van der Waals surface area contributed by atoms with Gasteiger partial charge in [-0.3, -0.25) is 4.40 Å². The number of nitrogens with zero attached hydrogens (tertiary/aromatic N) is 2. The highest BCUT2D eigenvalue weighted by molar-refractivity contribution is 14.1. The molecule has 19 heavy (non-hydrogen) atoms. The molecule has 0 aliphatic rings. The first-order valence-electron chi connectivity index (χ1n) is 5.75. The summed E-state index contributed by atoms with van der Waals surface area (Å²) in [5.41, 5.74) is 3.10. The van der Waals surface area contributed by atoms with Crippen LogP contribution in [-0.2, 0) is 6.54 Å². The Labute approximate surface area is 127 Å². The fourth-order valence-corrected chi connectivity index (χ4v) is 3.41. The molecule has 2 heterocycles. The minimum atomic E-state index is -0.212. The van der Waals surface area contributed by atoms with Gasteiger partial charge in [-0.25, -0.2) is 9.37 Å². The number of halogens is 2. The number of imidazole rings is 1. The minimum absolute atomic E-state index is 0.212. The number of aromatic nitrogens is 2. The highest BCUT2D eigenvalue weighted by atomic mass is 127. The van der Waals surface area contributed by atoms with Crippen molar-refractivity contribution < 1.29 is 4.39 Å². The van der Waals surface area contributed by atoms with Gasteiger partial charge in [0.15, 0.2) is 4.96 Å². The number of fused-ring (bicyclic) bond motifs is 1. The molecule has 0 aliphatic carbocycles. The van der Waals surface area contributed by atoms with E-state index in [9.17, 15) is 4.39 Å². The number of hydrogen-bond donors (Lipinski definition) is 1. The molecule has 0 saturated carbocycles. The van der Waals surface area contributed by atoms with Crippen LogP contribution in [0.5, 0.6) is 0 Å². The smallest absolute Gasteiger partial charge is 0.194 e. The number of anilines is 1. The molecule has 1 N–H and O–H groups in total. The number of aryl methyl sites for hydroxylation is 1. The summed E-state index contributed by atoms with van der Waals surface area (Å²) in [6.45, 7) is 2.68. The van der Waals surface area contributed by atoms with E-state index in [-0.39, 0.29) is 5.82 Å². The van der Waals surface area contributed by atoms with Crippen LogP contribution in [0, 0.1) is 16.3 Å². The van der Waals surface area contributed by atoms with Crippen LogP contribution in [0.25, 0.3) is 4.96 Å². The van der Waals surface area contributed by atoms with E-state index in [0.717, 1.165) is 25.6 Å². The quantitative estimate of drug-likeness (QED) is 0.687. The van der Waals surface area contributed by atoms with Crippen molar-refractivity contribution in [2.75, 3.05) is 5.32 Å². The molecule has 6 heteroatoms. The lowest BCUT2D eigenvalue weighted by Gasteiger charge is -2.08. The third-order valence-electron chi connectivity index (χ3n) is 2.94. The van der Waals surface area contributed by atoms with Gasteiger partial charge in [0.1, 0.15) is 5.82 Å². The van der Waals surface area contributed by atoms with Crippen LogP contribution in [-0.4, -0.2) is 9.38 Å². The van der Waals surface area contributed by atoms with E-state index in [1.807, 2.05) is 18.5 Å². The van der Waals surface area contributed by atoms with E-state index in [4.69, 9.17) is 0 Å². The standard InChI is InChI=1S/C13H11FIN3S/c1-8-12(18-4-5-19-13(18)17-8)7-16-11-3-2-9(14)6-10(11)15/h2-6,16H,7H2,1H3. The summed E-state index contributed by atoms with van der Waals surface area (Å²) in [4.78, 5) is 5.50. The van der Waals surface area contributed by atoms with E-state index in [1.165, 1.54) is 12.1 Å². The third kappa shape index (κ3) is 2.46. The monoisotopic (exact) mass is 387 g/mol. The van der Waals surface area contributed by atoms with Crippen LogP contribution in [0.15, 0.2) is 29.8 Å². The Balaban J connectivity index is 1.85. The van der Waals surface area contributed by atoms with Crippen molar-refractivity contribution in [3.05, 3.63) is 50.6 Å². The molecule has 0 saturated heterocycles. The molecule has 3 aromatic rings. The summed E-state index contributed by atoms with van der Waals surface area (Å²) < 4.78 is 16.0. The molecule has 1 aromatic carbocycles. The normalized spacial score (nSPS) is 11.1. The second kappa shape index (κ2) is 5.09. The predicted octanol–water partition coefficient (Wildman–Crippen LogP) is 4.06. The zero-order valence-corrected chi connectivity index (χ0v) is 13.1. The number of thiazole rings is 1. The van der Waals surface area contributed by atoms with Crippen LogP contribution in [0.1, 0.15) is 11.4 Å². The van der Waals surface area contributed by atoms with Crippen LogP contribution in [0.4, 0.5) is 10.1 Å². The maximum absolute atomic E-state index is 13.0. The number of hydrogen-bond acceptors (Lipinski definition) is 3. The van der Waals surface area contributed by atoms with Crippen molar-refractivity contribution in [2.24, 2.45) is 0 Å². The van der Waals surface area contributed by atoms with Crippen molar-refractivity contribution >= 4 is 44.6 Å². The van der Waals surface area contributed by atoms with Crippen LogP contribution in [0.3, 0.4) is 0 Å². The van der Waals surface area contributed by atoms with Gasteiger partial charge < -0.3 is 5.32 Å². The highest BCUT2D eigenvalue weighted by Gasteiger charge is 2.10. The molecule has 0 fully saturated rings. The zero-order chi connectivity index (χ0) is 13.4. The lowest BCUT2D eigenvalue weighted by molar-refractivity contribution is 0.627. The highest BCUT2D eigenvalue weighted by Crippen LogP contribution is 2.22. The third-order valence-corrected chi connectivity index (χ3v) is 4.59. The van der Waals surface area contributed by atoms with E-state index < -0.39 is 0 Å². The first-order valence-corrected chi connectivity index (χ1v) is 7.71. The predicted molar refractivity (Wildman–Crippen MR) is 84.2 cm³/mol. The molecular weight excluding hydrogens is 376 g/mol. The average Bonchev–Trinajstić information content (AvgIpc) is 2.90. The lowest BCUT2D eigenvalue weighted by atomic mass is 10.3. The van der Waals surface area contributed by atoms with E-state index >= 15 is 0 Å². The van der Waals surface area contributed by atoms with Gasteiger partial charge in [0.2, 0.25) is 0 Å². The maximum atomic E-state index is 13.0. The summed E-state index contributed by atoms with van der Waals surface area (Å²) in [5, 5.41) is 5.36. The Bertz CT molecular complexity index is 735. The number of benzene rings is 1. The Morgan fingerprint density at radius 2 is 2.32 bits per heavy atom. The van der Waals surface area contributed by atoms with E-state index in [1.54, 1.807) is 17.4 Å². The molecule has 0 amide bonds. The van der Waals surface area contributed by atoms with Gasteiger partial charge in [0.25, 0.3) is 0 Å². The number of nitrogens with one attached hydrogen (secondary N) is 1. The van der Waals surface area contributed by atoms with Gasteiger partial charge in [0, 0.05) is 20.8 Å². The molecule has 3 rings (SSSR count). The van der Waals surface area contributed by atoms with Crippen molar-refractivity contribution in [1.82, 2.24) is 9.38 Å². The molecule has 98 valence electrons. The molecule has 0 aliphatic heterocycles. The first-order chi connectivity index (χ1) is 9.15. The summed E-state index contributed by atoms with van der Waals surface area (Å²) in [7, 11) is 0. The molecule has 2 aromatic heterocycles. The van der Waals surface area contributed by atoms with Crippen molar-refractivity contribution in [1.29, 1.82) is 0 Å².